The number of hydrogen-bond acceptors (Lipinski definition) is 3. The summed E-state index contributed by atoms with van der Waals surface area (Å²) in [7, 11) is 0. The Morgan fingerprint density at radius 3 is 2.18 bits per heavy atom. The Labute approximate surface area is 236 Å². The molecule has 3 aromatic carbocycles. The molecule has 1 radical (unpaired) electrons. The van der Waals surface area contributed by atoms with Gasteiger partial charge in [0.1, 0.15) is 6.57 Å². The second-order valence-corrected chi connectivity index (χ2v) is 7.85. The van der Waals surface area contributed by atoms with Gasteiger partial charge in [-0.15, -0.1) is 48.0 Å². The van der Waals surface area contributed by atoms with Gasteiger partial charge in [-0.25, -0.2) is 15.0 Å². The standard InChI is InChI=1S/C21H11N4.C11H8N.Ir/c1-14-11-19(25-13-18(14)15-7-5-4-6-8-15)17-10-9-16(12-22)20(23-2)21(17)24-3;1-2-6-10(7-3-1)11-8-4-5-9-12-11;/h4-9,11,13H,1H3;1-6,8-9H;/q2*-1;. The van der Waals surface area contributed by atoms with Crippen molar-refractivity contribution >= 4 is 11.4 Å². The number of aryl methyl sites for hydroxylation is 1. The fraction of sp³-hybridized carbons (Fsp3) is 0.0312. The Balaban J connectivity index is 0.000000258. The Bertz CT molecular complexity index is 1610. The normalized spacial score (nSPS) is 9.42. The first-order valence-corrected chi connectivity index (χ1v) is 11.3. The molecular formula is C32H19IrN5-2. The largest absolute Gasteiger partial charge is 0.305 e. The molecule has 0 aliphatic rings. The third-order valence-electron chi connectivity index (χ3n) is 5.52. The molecular weight excluding hydrogens is 647 g/mol. The van der Waals surface area contributed by atoms with Crippen molar-refractivity contribution in [2.24, 2.45) is 0 Å². The first-order valence-electron chi connectivity index (χ1n) is 11.3. The van der Waals surface area contributed by atoms with Crippen molar-refractivity contribution in [3.8, 4) is 39.7 Å². The van der Waals surface area contributed by atoms with Crippen LogP contribution in [0.4, 0.5) is 11.4 Å². The van der Waals surface area contributed by atoms with E-state index in [0.717, 1.165) is 27.9 Å². The van der Waals surface area contributed by atoms with Crippen LogP contribution < -0.4 is 0 Å². The molecule has 0 amide bonds. The van der Waals surface area contributed by atoms with Crippen LogP contribution in [0, 0.1) is 43.5 Å². The molecule has 0 fully saturated rings. The van der Waals surface area contributed by atoms with E-state index < -0.39 is 0 Å². The average molecular weight is 666 g/mol. The Morgan fingerprint density at radius 2 is 1.58 bits per heavy atom. The molecule has 0 spiro atoms. The van der Waals surface area contributed by atoms with Crippen LogP contribution >= 0.6 is 0 Å². The molecule has 0 bridgehead atoms. The first-order chi connectivity index (χ1) is 18.2. The molecule has 0 atom stereocenters. The van der Waals surface area contributed by atoms with Crippen LogP contribution in [0.15, 0.2) is 97.3 Å². The zero-order chi connectivity index (χ0) is 26.0. The number of rotatable bonds is 3. The van der Waals surface area contributed by atoms with E-state index in [-0.39, 0.29) is 37.0 Å². The number of aromatic nitrogens is 2. The summed E-state index contributed by atoms with van der Waals surface area (Å²) in [6, 6.07) is 34.9. The van der Waals surface area contributed by atoms with Gasteiger partial charge in [0.15, 0.2) is 0 Å². The van der Waals surface area contributed by atoms with Gasteiger partial charge >= 0.3 is 0 Å². The van der Waals surface area contributed by atoms with Crippen LogP contribution in [-0.2, 0) is 20.1 Å². The summed E-state index contributed by atoms with van der Waals surface area (Å²) in [6.45, 7) is 16.7. The van der Waals surface area contributed by atoms with Crippen molar-refractivity contribution in [2.45, 2.75) is 6.92 Å². The molecule has 2 heterocycles. The van der Waals surface area contributed by atoms with Crippen LogP contribution in [0.3, 0.4) is 0 Å². The molecule has 2 aromatic heterocycles. The van der Waals surface area contributed by atoms with Gasteiger partial charge in [-0.2, -0.15) is 0 Å². The minimum Gasteiger partial charge on any atom is -0.305 e. The second kappa shape index (κ2) is 13.4. The minimum absolute atomic E-state index is 0. The van der Waals surface area contributed by atoms with E-state index in [4.69, 9.17) is 18.4 Å². The maximum absolute atomic E-state index is 9.11. The van der Waals surface area contributed by atoms with Crippen molar-refractivity contribution in [3.63, 3.8) is 0 Å². The Kier molecular flexibility index (Phi) is 9.76. The van der Waals surface area contributed by atoms with Gasteiger partial charge in [0.25, 0.3) is 0 Å². The molecule has 5 rings (SSSR count). The third kappa shape index (κ3) is 6.25. The van der Waals surface area contributed by atoms with Crippen LogP contribution in [0.25, 0.3) is 43.3 Å². The SMILES string of the molecule is [C-]#[N+]c1c(-c2cc(C)c(-c3ccccc3)cn2)[c-]cc(C#N)c1[N+]#[C-].[Ir].[c-]1ccccc1-c1ccccn1. The van der Waals surface area contributed by atoms with E-state index in [1.54, 1.807) is 12.4 Å². The Hall–Kier alpha value is -4.92. The molecule has 0 N–H and O–H groups in total. The summed E-state index contributed by atoms with van der Waals surface area (Å²) in [5.74, 6) is 0. The van der Waals surface area contributed by atoms with E-state index in [1.807, 2.05) is 91.9 Å². The summed E-state index contributed by atoms with van der Waals surface area (Å²) in [6.07, 6.45) is 3.55. The predicted octanol–water partition coefficient (Wildman–Crippen LogP) is 8.04. The van der Waals surface area contributed by atoms with Crippen LogP contribution in [0.1, 0.15) is 11.1 Å². The molecule has 0 unspecified atom stereocenters. The van der Waals surface area contributed by atoms with Gasteiger partial charge in [-0.3, -0.25) is 0 Å². The predicted molar refractivity (Wildman–Crippen MR) is 144 cm³/mol. The van der Waals surface area contributed by atoms with Crippen molar-refractivity contribution < 1.29 is 20.1 Å². The fourth-order valence-electron chi connectivity index (χ4n) is 3.72. The van der Waals surface area contributed by atoms with Gasteiger partial charge in [0, 0.05) is 44.1 Å². The summed E-state index contributed by atoms with van der Waals surface area (Å²) in [4.78, 5) is 15.5. The van der Waals surface area contributed by atoms with Crippen molar-refractivity contribution in [2.75, 3.05) is 0 Å². The van der Waals surface area contributed by atoms with E-state index >= 15 is 0 Å². The van der Waals surface area contributed by atoms with Gasteiger partial charge in [-0.05, 0) is 46.6 Å². The zero-order valence-corrected chi connectivity index (χ0v) is 22.7. The topological polar surface area (TPSA) is 58.3 Å². The monoisotopic (exact) mass is 666 g/mol. The third-order valence-corrected chi connectivity index (χ3v) is 5.52. The van der Waals surface area contributed by atoms with Crippen molar-refractivity contribution in [3.05, 3.63) is 143 Å². The maximum atomic E-state index is 9.11. The summed E-state index contributed by atoms with van der Waals surface area (Å²) >= 11 is 0. The van der Waals surface area contributed by atoms with E-state index in [1.165, 1.54) is 6.07 Å². The van der Waals surface area contributed by atoms with E-state index in [2.05, 4.69) is 31.8 Å². The van der Waals surface area contributed by atoms with E-state index in [0.29, 0.717) is 11.3 Å². The molecule has 0 aliphatic carbocycles. The average Bonchev–Trinajstić information content (AvgIpc) is 2.98. The number of pyridine rings is 2. The molecule has 38 heavy (non-hydrogen) atoms. The van der Waals surface area contributed by atoms with Crippen LogP contribution in [0.2, 0.25) is 0 Å². The molecule has 5 aromatic rings. The van der Waals surface area contributed by atoms with Gasteiger partial charge in [0.2, 0.25) is 11.4 Å². The van der Waals surface area contributed by atoms with Crippen LogP contribution in [-0.4, -0.2) is 9.97 Å². The van der Waals surface area contributed by atoms with Crippen molar-refractivity contribution in [1.29, 1.82) is 5.26 Å². The Morgan fingerprint density at radius 1 is 0.842 bits per heavy atom. The molecule has 0 saturated carbocycles. The molecule has 183 valence electrons. The zero-order valence-electron chi connectivity index (χ0n) is 20.3. The first kappa shape index (κ1) is 27.7. The number of hydrogen-bond donors (Lipinski definition) is 0. The molecule has 5 nitrogen and oxygen atoms in total. The van der Waals surface area contributed by atoms with Crippen molar-refractivity contribution in [1.82, 2.24) is 9.97 Å². The molecule has 0 saturated heterocycles. The summed E-state index contributed by atoms with van der Waals surface area (Å²) < 4.78 is 0. The summed E-state index contributed by atoms with van der Waals surface area (Å²) in [5.41, 5.74) is 6.43. The number of nitrogens with zero attached hydrogens (tertiary/aromatic N) is 5. The number of benzene rings is 3. The number of nitriles is 1. The van der Waals surface area contributed by atoms with Gasteiger partial charge in [0.05, 0.1) is 6.57 Å². The quantitative estimate of drug-likeness (QED) is 0.183. The van der Waals surface area contributed by atoms with Gasteiger partial charge in [-0.1, -0.05) is 48.5 Å². The van der Waals surface area contributed by atoms with E-state index in [9.17, 15) is 0 Å². The van der Waals surface area contributed by atoms with Gasteiger partial charge < -0.3 is 9.97 Å². The summed E-state index contributed by atoms with van der Waals surface area (Å²) in [5, 5.41) is 9.11. The maximum Gasteiger partial charge on any atom is 0.244 e. The molecule has 6 heteroatoms. The minimum atomic E-state index is 0. The second-order valence-electron chi connectivity index (χ2n) is 7.85. The van der Waals surface area contributed by atoms with Crippen LogP contribution in [0.5, 0.6) is 0 Å². The molecule has 0 aliphatic heterocycles. The fourth-order valence-corrected chi connectivity index (χ4v) is 3.72. The smallest absolute Gasteiger partial charge is 0.244 e.